The van der Waals surface area contributed by atoms with Crippen molar-refractivity contribution < 1.29 is 14.5 Å². The van der Waals surface area contributed by atoms with E-state index in [9.17, 15) is 0 Å². The van der Waals surface area contributed by atoms with Crippen molar-refractivity contribution in [1.29, 1.82) is 0 Å². The summed E-state index contributed by atoms with van der Waals surface area (Å²) in [7, 11) is 2.02. The number of carboxylic acids is 1. The van der Waals surface area contributed by atoms with Crippen molar-refractivity contribution in [3.05, 3.63) is 96.2 Å². The van der Waals surface area contributed by atoms with Crippen LogP contribution in [-0.4, -0.2) is 19.1 Å². The van der Waals surface area contributed by atoms with E-state index in [-0.39, 0.29) is 0 Å². The number of hydrogen-bond acceptors (Lipinski definition) is 8. The molecule has 0 amide bonds. The number of carbonyl (C=O) groups excluding carboxylic acids is 1. The summed E-state index contributed by atoms with van der Waals surface area (Å²) in [5, 5.41) is 27.4. The molecular formula is C30H36N6O2S. The summed E-state index contributed by atoms with van der Waals surface area (Å²) in [6, 6.07) is 26.9. The number of aryl methyl sites for hydroxylation is 1. The highest BCUT2D eigenvalue weighted by Gasteiger charge is 2.18. The highest BCUT2D eigenvalue weighted by molar-refractivity contribution is 7.18. The summed E-state index contributed by atoms with van der Waals surface area (Å²) < 4.78 is 2.04. The van der Waals surface area contributed by atoms with Crippen molar-refractivity contribution in [1.82, 2.24) is 0 Å². The fraction of sp³-hybridized carbons (Fsp3) is 0.267. The molecule has 0 fully saturated rings. The Balaban J connectivity index is 0.000000983. The minimum Gasteiger partial charge on any atom is -0.550 e. The Kier molecular flexibility index (Phi) is 11.5. The van der Waals surface area contributed by atoms with Gasteiger partial charge in [0.2, 0.25) is 0 Å². The standard InChI is InChI=1S/C28H32N6S.C2H4O2/c1-4-34(5-2)26-21-33(3)28(35-26)32-31-25-18-12-17-24(29-19-22-13-8-6-9-14-22)27(25)30-20-23-15-10-7-11-16-23;1-2(3)4/h6-18,21H,4-5,19-20H2,1-3H3,(H,29,31);1H3,(H,3,4). The molecule has 4 aromatic rings. The second-order valence-corrected chi connectivity index (χ2v) is 9.69. The van der Waals surface area contributed by atoms with Crippen LogP contribution in [0.15, 0.2) is 95.3 Å². The number of nitrogens with zero attached hydrogens (tertiary/aromatic N) is 4. The van der Waals surface area contributed by atoms with E-state index in [0.717, 1.165) is 48.8 Å². The maximum atomic E-state index is 8.89. The Hall–Kier alpha value is -4.24. The monoisotopic (exact) mass is 544 g/mol. The number of aromatic nitrogens is 1. The van der Waals surface area contributed by atoms with Gasteiger partial charge in [0.15, 0.2) is 0 Å². The number of aliphatic carboxylic acids is 1. The van der Waals surface area contributed by atoms with E-state index in [1.165, 1.54) is 16.1 Å². The van der Waals surface area contributed by atoms with Crippen LogP contribution in [0, 0.1) is 0 Å². The Bertz CT molecular complexity index is 1330. The summed E-state index contributed by atoms with van der Waals surface area (Å²) in [5.74, 6) is -1.08. The minimum atomic E-state index is -1.08. The Morgan fingerprint density at radius 1 is 0.872 bits per heavy atom. The molecule has 1 heterocycles. The Labute approximate surface area is 234 Å². The minimum absolute atomic E-state index is 0.701. The number of rotatable bonds is 11. The smallest absolute Gasteiger partial charge is 0.410 e. The van der Waals surface area contributed by atoms with Crippen molar-refractivity contribution in [2.75, 3.05) is 28.6 Å². The van der Waals surface area contributed by atoms with Crippen molar-refractivity contribution in [2.24, 2.45) is 17.3 Å². The van der Waals surface area contributed by atoms with Crippen molar-refractivity contribution >= 4 is 44.5 Å². The number of hydrogen-bond donors (Lipinski definition) is 2. The molecule has 8 nitrogen and oxygen atoms in total. The maximum Gasteiger partial charge on any atom is 0.410 e. The van der Waals surface area contributed by atoms with Crippen LogP contribution in [0.3, 0.4) is 0 Å². The average Bonchev–Trinajstić information content (AvgIpc) is 3.31. The normalized spacial score (nSPS) is 10.6. The van der Waals surface area contributed by atoms with Crippen LogP contribution < -0.4 is 25.2 Å². The molecular weight excluding hydrogens is 508 g/mol. The summed E-state index contributed by atoms with van der Waals surface area (Å²) >= 11 is 1.66. The third-order valence-corrected chi connectivity index (χ3v) is 6.93. The van der Waals surface area contributed by atoms with Gasteiger partial charge < -0.3 is 25.4 Å². The predicted molar refractivity (Wildman–Crippen MR) is 158 cm³/mol. The van der Waals surface area contributed by atoms with Crippen LogP contribution in [-0.2, 0) is 24.9 Å². The van der Waals surface area contributed by atoms with Gasteiger partial charge >= 0.3 is 5.13 Å². The zero-order chi connectivity index (χ0) is 28.0. The lowest BCUT2D eigenvalue weighted by Crippen LogP contribution is -2.26. The number of anilines is 3. The topological polar surface area (TPSA) is 96.0 Å². The first-order valence-corrected chi connectivity index (χ1v) is 13.7. The number of para-hydroxylation sites is 1. The van der Waals surface area contributed by atoms with E-state index in [0.29, 0.717) is 6.54 Å². The van der Waals surface area contributed by atoms with Gasteiger partial charge in [-0.05, 0) is 60.5 Å². The summed E-state index contributed by atoms with van der Waals surface area (Å²) in [6.07, 6.45) is 2.12. The number of carbonyl (C=O) groups is 1. The molecule has 204 valence electrons. The van der Waals surface area contributed by atoms with Crippen LogP contribution in [0.2, 0.25) is 0 Å². The zero-order valence-corrected chi connectivity index (χ0v) is 23.7. The van der Waals surface area contributed by atoms with Gasteiger partial charge in [0.1, 0.15) is 16.9 Å². The SMILES string of the molecule is CC(=O)[O-].CCN(CC)c1c[n+](C)c(N=Nc2cccc(NCc3ccccc3)c2NCc2ccccc2)s1. The second-order valence-electron chi connectivity index (χ2n) is 8.70. The molecule has 0 aliphatic carbocycles. The van der Waals surface area contributed by atoms with Gasteiger partial charge in [-0.2, -0.15) is 0 Å². The van der Waals surface area contributed by atoms with Gasteiger partial charge in [-0.3, -0.25) is 0 Å². The number of benzene rings is 3. The van der Waals surface area contributed by atoms with Crippen molar-refractivity contribution in [2.45, 2.75) is 33.9 Å². The molecule has 0 unspecified atom stereocenters. The number of thiazole rings is 1. The highest BCUT2D eigenvalue weighted by Crippen LogP contribution is 2.36. The quantitative estimate of drug-likeness (QED) is 0.183. The van der Waals surface area contributed by atoms with E-state index in [1.807, 2.05) is 35.9 Å². The lowest BCUT2D eigenvalue weighted by molar-refractivity contribution is -0.653. The Morgan fingerprint density at radius 2 is 1.44 bits per heavy atom. The fourth-order valence-electron chi connectivity index (χ4n) is 3.82. The second kappa shape index (κ2) is 15.2. The summed E-state index contributed by atoms with van der Waals surface area (Å²) in [4.78, 5) is 11.2. The van der Waals surface area contributed by atoms with Gasteiger partial charge in [-0.1, -0.05) is 66.7 Å². The van der Waals surface area contributed by atoms with E-state index in [2.05, 4.69) is 100 Å². The van der Waals surface area contributed by atoms with Crippen LogP contribution in [0.5, 0.6) is 0 Å². The molecule has 0 spiro atoms. The van der Waals surface area contributed by atoms with Crippen molar-refractivity contribution in [3.8, 4) is 0 Å². The van der Waals surface area contributed by atoms with Crippen LogP contribution in [0.25, 0.3) is 0 Å². The van der Waals surface area contributed by atoms with Crippen molar-refractivity contribution in [3.63, 3.8) is 0 Å². The van der Waals surface area contributed by atoms with Gasteiger partial charge in [0, 0.05) is 32.1 Å². The third-order valence-electron chi connectivity index (χ3n) is 5.80. The molecule has 0 aliphatic heterocycles. The molecule has 2 N–H and O–H groups in total. The summed E-state index contributed by atoms with van der Waals surface area (Å²) in [6.45, 7) is 8.68. The first kappa shape index (κ1) is 29.3. The molecule has 9 heteroatoms. The van der Waals surface area contributed by atoms with Crippen LogP contribution in [0.1, 0.15) is 31.9 Å². The molecule has 3 aromatic carbocycles. The lowest BCUT2D eigenvalue weighted by Gasteiger charge is -2.16. The highest BCUT2D eigenvalue weighted by atomic mass is 32.1. The van der Waals surface area contributed by atoms with Gasteiger partial charge in [0.25, 0.3) is 0 Å². The molecule has 0 saturated heterocycles. The fourth-order valence-corrected chi connectivity index (χ4v) is 4.88. The van der Waals surface area contributed by atoms with Crippen LogP contribution >= 0.6 is 11.3 Å². The molecule has 4 rings (SSSR count). The van der Waals surface area contributed by atoms with Gasteiger partial charge in [0.05, 0.1) is 23.5 Å². The van der Waals surface area contributed by atoms with Gasteiger partial charge in [-0.15, -0.1) is 0 Å². The molecule has 0 radical (unpaired) electrons. The number of nitrogens with one attached hydrogen (secondary N) is 2. The Morgan fingerprint density at radius 3 is 2.00 bits per heavy atom. The van der Waals surface area contributed by atoms with E-state index >= 15 is 0 Å². The largest absolute Gasteiger partial charge is 0.550 e. The first-order chi connectivity index (χ1) is 18.9. The first-order valence-electron chi connectivity index (χ1n) is 12.9. The number of azo groups is 1. The van der Waals surface area contributed by atoms with E-state index < -0.39 is 5.97 Å². The molecule has 0 aliphatic rings. The lowest BCUT2D eigenvalue weighted by atomic mass is 10.1. The molecule has 39 heavy (non-hydrogen) atoms. The zero-order valence-electron chi connectivity index (χ0n) is 22.9. The third kappa shape index (κ3) is 9.22. The maximum absolute atomic E-state index is 8.89. The van der Waals surface area contributed by atoms with Gasteiger partial charge in [-0.25, -0.2) is 4.57 Å². The molecule has 1 aromatic heterocycles. The van der Waals surface area contributed by atoms with E-state index in [4.69, 9.17) is 9.90 Å². The molecule has 0 saturated carbocycles. The van der Waals surface area contributed by atoms with E-state index in [1.54, 1.807) is 11.3 Å². The van der Waals surface area contributed by atoms with Crippen LogP contribution in [0.4, 0.5) is 27.2 Å². The molecule has 0 atom stereocenters. The summed E-state index contributed by atoms with van der Waals surface area (Å²) in [5.41, 5.74) is 5.18. The predicted octanol–water partition coefficient (Wildman–Crippen LogP) is 5.81. The molecule has 0 bridgehead atoms. The number of carboxylic acid groups (broad SMARTS) is 1. The average molecular weight is 545 g/mol.